The standard InChI is InChI=1S/C12H15ClFN3O3S/c1-7-5-20-4-3-17(7)10-8-6-21(18,19)12(2,14)9(8)15-11(13)16-10/h7H,3-6H2,1-2H3. The molecule has 1 fully saturated rings. The molecule has 1 saturated heterocycles. The summed E-state index contributed by atoms with van der Waals surface area (Å²) in [4.78, 5) is 9.86. The fraction of sp³-hybridized carbons (Fsp3) is 0.667. The smallest absolute Gasteiger partial charge is 0.250 e. The Balaban J connectivity index is 2.18. The molecule has 2 aliphatic heterocycles. The number of nitrogens with zero attached hydrogens (tertiary/aromatic N) is 3. The second-order valence-corrected chi connectivity index (χ2v) is 8.06. The van der Waals surface area contributed by atoms with Gasteiger partial charge in [-0.3, -0.25) is 0 Å². The van der Waals surface area contributed by atoms with Gasteiger partial charge in [-0.2, -0.15) is 0 Å². The summed E-state index contributed by atoms with van der Waals surface area (Å²) in [6, 6.07) is 0.00277. The molecule has 0 saturated carbocycles. The van der Waals surface area contributed by atoms with Gasteiger partial charge in [0.1, 0.15) is 11.5 Å². The van der Waals surface area contributed by atoms with Crippen molar-refractivity contribution < 1.29 is 17.5 Å². The third-order valence-electron chi connectivity index (χ3n) is 3.94. The molecule has 0 aliphatic carbocycles. The quantitative estimate of drug-likeness (QED) is 0.723. The summed E-state index contributed by atoms with van der Waals surface area (Å²) in [7, 11) is -3.96. The Bertz CT molecular complexity index is 695. The highest BCUT2D eigenvalue weighted by atomic mass is 35.5. The van der Waals surface area contributed by atoms with E-state index in [1.165, 1.54) is 0 Å². The number of sulfone groups is 1. The molecule has 1 aromatic rings. The lowest BCUT2D eigenvalue weighted by molar-refractivity contribution is 0.0984. The number of rotatable bonds is 1. The van der Waals surface area contributed by atoms with Crippen molar-refractivity contribution in [2.75, 3.05) is 24.7 Å². The van der Waals surface area contributed by atoms with Crippen LogP contribution in [0, 0.1) is 0 Å². The van der Waals surface area contributed by atoms with Gasteiger partial charge in [-0.05, 0) is 25.4 Å². The summed E-state index contributed by atoms with van der Waals surface area (Å²) < 4.78 is 44.1. The number of ether oxygens (including phenoxy) is 1. The molecule has 116 valence electrons. The van der Waals surface area contributed by atoms with Gasteiger partial charge in [0.05, 0.1) is 25.0 Å². The molecule has 21 heavy (non-hydrogen) atoms. The lowest BCUT2D eigenvalue weighted by Gasteiger charge is -2.35. The Morgan fingerprint density at radius 2 is 2.19 bits per heavy atom. The second-order valence-electron chi connectivity index (χ2n) is 5.44. The lowest BCUT2D eigenvalue weighted by atomic mass is 10.1. The third kappa shape index (κ3) is 2.20. The number of alkyl halides is 1. The van der Waals surface area contributed by atoms with Crippen LogP contribution in [0.25, 0.3) is 0 Å². The first-order valence-electron chi connectivity index (χ1n) is 6.56. The predicted molar refractivity (Wildman–Crippen MR) is 75.8 cm³/mol. The van der Waals surface area contributed by atoms with Crippen LogP contribution < -0.4 is 4.90 Å². The van der Waals surface area contributed by atoms with Crippen LogP contribution in [-0.4, -0.2) is 44.2 Å². The summed E-state index contributed by atoms with van der Waals surface area (Å²) in [5.41, 5.74) is 0.161. The minimum absolute atomic E-state index is 0.00277. The zero-order valence-electron chi connectivity index (χ0n) is 11.6. The van der Waals surface area contributed by atoms with Crippen molar-refractivity contribution in [3.8, 4) is 0 Å². The normalized spacial score (nSPS) is 31.2. The maximum Gasteiger partial charge on any atom is 0.250 e. The molecule has 0 spiro atoms. The molecule has 0 amide bonds. The molecule has 9 heteroatoms. The molecule has 0 aromatic carbocycles. The van der Waals surface area contributed by atoms with Crippen LogP contribution in [0.15, 0.2) is 0 Å². The lowest BCUT2D eigenvalue weighted by Crippen LogP contribution is -2.44. The number of morpholine rings is 1. The van der Waals surface area contributed by atoms with E-state index >= 15 is 0 Å². The number of fused-ring (bicyclic) bond motifs is 1. The minimum atomic E-state index is -3.96. The second kappa shape index (κ2) is 4.76. The number of hydrogen-bond acceptors (Lipinski definition) is 6. The SMILES string of the molecule is CC1COCCN1c1nc(Cl)nc2c1CS(=O)(=O)C2(C)F. The van der Waals surface area contributed by atoms with E-state index in [1.807, 2.05) is 11.8 Å². The summed E-state index contributed by atoms with van der Waals surface area (Å²) >= 11 is 5.87. The molecule has 2 unspecified atom stereocenters. The van der Waals surface area contributed by atoms with E-state index in [-0.39, 0.29) is 17.0 Å². The minimum Gasteiger partial charge on any atom is -0.377 e. The van der Waals surface area contributed by atoms with Crippen molar-refractivity contribution in [3.63, 3.8) is 0 Å². The van der Waals surface area contributed by atoms with Gasteiger partial charge in [-0.15, -0.1) is 0 Å². The van der Waals surface area contributed by atoms with Gasteiger partial charge in [-0.1, -0.05) is 0 Å². The molecule has 0 bridgehead atoms. The molecule has 3 rings (SSSR count). The zero-order chi connectivity index (χ0) is 15.4. The topological polar surface area (TPSA) is 72.4 Å². The molecule has 2 aliphatic rings. The molecule has 0 radical (unpaired) electrons. The van der Waals surface area contributed by atoms with Gasteiger partial charge in [0.15, 0.2) is 9.84 Å². The predicted octanol–water partition coefficient (Wildman–Crippen LogP) is 1.43. The molecule has 3 heterocycles. The molecule has 2 atom stereocenters. The van der Waals surface area contributed by atoms with Gasteiger partial charge in [-0.25, -0.2) is 22.8 Å². The average Bonchev–Trinajstić information content (AvgIpc) is 2.57. The number of anilines is 1. The van der Waals surface area contributed by atoms with Crippen LogP contribution in [0.3, 0.4) is 0 Å². The van der Waals surface area contributed by atoms with E-state index in [0.29, 0.717) is 31.1 Å². The summed E-state index contributed by atoms with van der Waals surface area (Å²) in [5, 5.41) is -2.68. The van der Waals surface area contributed by atoms with Crippen LogP contribution in [-0.2, 0) is 25.3 Å². The van der Waals surface area contributed by atoms with E-state index in [9.17, 15) is 12.8 Å². The first-order chi connectivity index (χ1) is 9.74. The highest BCUT2D eigenvalue weighted by Gasteiger charge is 2.52. The van der Waals surface area contributed by atoms with Crippen molar-refractivity contribution in [2.45, 2.75) is 30.6 Å². The number of halogens is 2. The van der Waals surface area contributed by atoms with Crippen LogP contribution in [0.5, 0.6) is 0 Å². The van der Waals surface area contributed by atoms with Crippen LogP contribution in [0.1, 0.15) is 25.1 Å². The van der Waals surface area contributed by atoms with Gasteiger partial charge >= 0.3 is 0 Å². The Morgan fingerprint density at radius 1 is 1.48 bits per heavy atom. The van der Waals surface area contributed by atoms with E-state index in [4.69, 9.17) is 16.3 Å². The fourth-order valence-electron chi connectivity index (χ4n) is 2.70. The molecular weight excluding hydrogens is 321 g/mol. The Morgan fingerprint density at radius 3 is 2.86 bits per heavy atom. The molecule has 0 N–H and O–H groups in total. The van der Waals surface area contributed by atoms with Crippen LogP contribution in [0.4, 0.5) is 10.2 Å². The molecular formula is C12H15ClFN3O3S. The number of hydrogen-bond donors (Lipinski definition) is 0. The Kier molecular flexibility index (Phi) is 3.38. The van der Waals surface area contributed by atoms with Crippen molar-refractivity contribution in [1.29, 1.82) is 0 Å². The van der Waals surface area contributed by atoms with E-state index in [2.05, 4.69) is 9.97 Å². The summed E-state index contributed by atoms with van der Waals surface area (Å²) in [6.45, 7) is 4.48. The average molecular weight is 336 g/mol. The van der Waals surface area contributed by atoms with Gasteiger partial charge in [0.2, 0.25) is 10.3 Å². The largest absolute Gasteiger partial charge is 0.377 e. The van der Waals surface area contributed by atoms with Crippen LogP contribution in [0.2, 0.25) is 5.28 Å². The Hall–Kier alpha value is -0.990. The van der Waals surface area contributed by atoms with E-state index in [1.54, 1.807) is 0 Å². The maximum atomic E-state index is 14.6. The van der Waals surface area contributed by atoms with E-state index < -0.39 is 20.6 Å². The third-order valence-corrected chi connectivity index (χ3v) is 6.14. The highest BCUT2D eigenvalue weighted by molar-refractivity contribution is 7.91. The first-order valence-corrected chi connectivity index (χ1v) is 8.59. The maximum absolute atomic E-state index is 14.6. The van der Waals surface area contributed by atoms with Gasteiger partial charge in [0.25, 0.3) is 0 Å². The van der Waals surface area contributed by atoms with E-state index in [0.717, 1.165) is 6.92 Å². The van der Waals surface area contributed by atoms with Crippen molar-refractivity contribution >= 4 is 27.3 Å². The molecule has 1 aromatic heterocycles. The highest BCUT2D eigenvalue weighted by Crippen LogP contribution is 2.45. The van der Waals surface area contributed by atoms with Gasteiger partial charge in [0, 0.05) is 12.1 Å². The molecule has 6 nitrogen and oxygen atoms in total. The zero-order valence-corrected chi connectivity index (χ0v) is 13.2. The summed E-state index contributed by atoms with van der Waals surface area (Å²) in [6.07, 6.45) is 0. The summed E-state index contributed by atoms with van der Waals surface area (Å²) in [5.74, 6) is -0.0166. The van der Waals surface area contributed by atoms with Crippen molar-refractivity contribution in [3.05, 3.63) is 16.5 Å². The monoisotopic (exact) mass is 335 g/mol. The Labute approximate surface area is 127 Å². The first kappa shape index (κ1) is 14.9. The number of aromatic nitrogens is 2. The van der Waals surface area contributed by atoms with Crippen molar-refractivity contribution in [2.24, 2.45) is 0 Å². The van der Waals surface area contributed by atoms with Crippen LogP contribution >= 0.6 is 11.6 Å². The van der Waals surface area contributed by atoms with Gasteiger partial charge < -0.3 is 9.64 Å². The van der Waals surface area contributed by atoms with Crippen molar-refractivity contribution in [1.82, 2.24) is 9.97 Å². The fourth-order valence-corrected chi connectivity index (χ4v) is 4.24.